The summed E-state index contributed by atoms with van der Waals surface area (Å²) in [6, 6.07) is 6.15. The van der Waals surface area contributed by atoms with Gasteiger partial charge in [0.25, 0.3) is 0 Å². The number of amides is 1. The van der Waals surface area contributed by atoms with Gasteiger partial charge < -0.3 is 4.90 Å². The molecule has 0 saturated heterocycles. The maximum absolute atomic E-state index is 12.0. The van der Waals surface area contributed by atoms with Crippen LogP contribution in [-0.2, 0) is 4.79 Å². The summed E-state index contributed by atoms with van der Waals surface area (Å²) >= 11 is 1.59. The van der Waals surface area contributed by atoms with Crippen LogP contribution in [0.3, 0.4) is 0 Å². The minimum Gasteiger partial charge on any atom is -0.302 e. The van der Waals surface area contributed by atoms with Crippen molar-refractivity contribution in [2.75, 3.05) is 31.1 Å². The average Bonchev–Trinajstić information content (AvgIpc) is 2.88. The van der Waals surface area contributed by atoms with Crippen molar-refractivity contribution < 1.29 is 4.79 Å². The van der Waals surface area contributed by atoms with E-state index in [2.05, 4.69) is 42.8 Å². The van der Waals surface area contributed by atoms with Gasteiger partial charge in [0.2, 0.25) is 5.91 Å². The lowest BCUT2D eigenvalue weighted by atomic mass is 10.2. The molecule has 22 heavy (non-hydrogen) atoms. The molecule has 1 aromatic heterocycles. The number of likely N-dealkylation sites (N-methyl/N-ethyl adjacent to an activating group) is 1. The zero-order valence-corrected chi connectivity index (χ0v) is 15.3. The second-order valence-corrected chi connectivity index (χ2v) is 6.12. The zero-order chi connectivity index (χ0) is 15.4. The first-order chi connectivity index (χ1) is 10.1. The number of rotatable bonds is 6. The molecule has 122 valence electrons. The second-order valence-electron chi connectivity index (χ2n) is 5.12. The highest BCUT2D eigenvalue weighted by Gasteiger charge is 2.17. The van der Waals surface area contributed by atoms with Crippen molar-refractivity contribution in [1.29, 1.82) is 0 Å². The first-order valence-corrected chi connectivity index (χ1v) is 8.25. The van der Waals surface area contributed by atoms with Gasteiger partial charge in [-0.3, -0.25) is 9.69 Å². The molecule has 1 aromatic carbocycles. The topological polar surface area (TPSA) is 36.4 Å². The van der Waals surface area contributed by atoms with E-state index in [4.69, 9.17) is 0 Å². The second kappa shape index (κ2) is 8.46. The van der Waals surface area contributed by atoms with Crippen LogP contribution in [0.15, 0.2) is 18.2 Å². The Hall–Kier alpha value is -1.17. The Balaban J connectivity index is 0.00000242. The SMILES string of the molecule is CCN(CC)CCN(C(C)=O)c1nc2c(C)cccc2s1.Cl. The predicted octanol–water partition coefficient (Wildman–Crippen LogP) is 3.72. The van der Waals surface area contributed by atoms with Crippen LogP contribution in [0.25, 0.3) is 10.2 Å². The molecule has 0 saturated carbocycles. The van der Waals surface area contributed by atoms with E-state index in [9.17, 15) is 4.79 Å². The molecule has 0 aliphatic heterocycles. The van der Waals surface area contributed by atoms with Crippen molar-refractivity contribution in [3.8, 4) is 0 Å². The molecule has 0 aliphatic rings. The molecule has 0 bridgehead atoms. The molecule has 2 rings (SSSR count). The molecule has 4 nitrogen and oxygen atoms in total. The number of fused-ring (bicyclic) bond motifs is 1. The van der Waals surface area contributed by atoms with Gasteiger partial charge >= 0.3 is 0 Å². The predicted molar refractivity (Wildman–Crippen MR) is 97.4 cm³/mol. The third-order valence-electron chi connectivity index (χ3n) is 3.75. The van der Waals surface area contributed by atoms with E-state index in [1.165, 1.54) is 0 Å². The highest BCUT2D eigenvalue weighted by atomic mass is 35.5. The maximum Gasteiger partial charge on any atom is 0.225 e. The Bertz CT molecular complexity index is 625. The summed E-state index contributed by atoms with van der Waals surface area (Å²) in [4.78, 5) is 20.7. The first-order valence-electron chi connectivity index (χ1n) is 7.43. The van der Waals surface area contributed by atoms with E-state index >= 15 is 0 Å². The smallest absolute Gasteiger partial charge is 0.225 e. The minimum atomic E-state index is 0. The summed E-state index contributed by atoms with van der Waals surface area (Å²) in [6.45, 7) is 11.5. The van der Waals surface area contributed by atoms with Gasteiger partial charge in [-0.15, -0.1) is 12.4 Å². The van der Waals surface area contributed by atoms with Gasteiger partial charge in [-0.1, -0.05) is 37.3 Å². The molecule has 2 aromatic rings. The fourth-order valence-electron chi connectivity index (χ4n) is 2.36. The van der Waals surface area contributed by atoms with Crippen LogP contribution < -0.4 is 4.90 Å². The molecule has 0 spiro atoms. The van der Waals surface area contributed by atoms with Gasteiger partial charge in [-0.05, 0) is 31.6 Å². The number of hydrogen-bond donors (Lipinski definition) is 0. The number of benzene rings is 1. The van der Waals surface area contributed by atoms with Crippen LogP contribution in [0.4, 0.5) is 5.13 Å². The molecule has 6 heteroatoms. The van der Waals surface area contributed by atoms with E-state index < -0.39 is 0 Å². The van der Waals surface area contributed by atoms with Gasteiger partial charge in [0.05, 0.1) is 10.2 Å². The number of nitrogens with zero attached hydrogens (tertiary/aromatic N) is 3. The van der Waals surface area contributed by atoms with Crippen LogP contribution in [0, 0.1) is 6.92 Å². The molecule has 1 heterocycles. The molecule has 0 unspecified atom stereocenters. The summed E-state index contributed by atoms with van der Waals surface area (Å²) in [5.74, 6) is 0.0545. The number of halogens is 1. The number of aromatic nitrogens is 1. The van der Waals surface area contributed by atoms with Crippen molar-refractivity contribution in [2.45, 2.75) is 27.7 Å². The molecule has 0 N–H and O–H groups in total. The Morgan fingerprint density at radius 2 is 1.91 bits per heavy atom. The molecule has 1 amide bonds. The monoisotopic (exact) mass is 341 g/mol. The summed E-state index contributed by atoms with van der Waals surface area (Å²) in [5, 5.41) is 0.805. The zero-order valence-electron chi connectivity index (χ0n) is 13.6. The van der Waals surface area contributed by atoms with Crippen LogP contribution in [0.1, 0.15) is 26.3 Å². The van der Waals surface area contributed by atoms with E-state index in [-0.39, 0.29) is 18.3 Å². The Morgan fingerprint density at radius 3 is 2.45 bits per heavy atom. The summed E-state index contributed by atoms with van der Waals surface area (Å²) in [7, 11) is 0. The number of aryl methyl sites for hydroxylation is 1. The van der Waals surface area contributed by atoms with Crippen molar-refractivity contribution in [2.24, 2.45) is 0 Å². The van der Waals surface area contributed by atoms with Gasteiger partial charge in [0, 0.05) is 20.0 Å². The van der Waals surface area contributed by atoms with Crippen molar-refractivity contribution in [3.63, 3.8) is 0 Å². The maximum atomic E-state index is 12.0. The quantitative estimate of drug-likeness (QED) is 0.803. The fourth-order valence-corrected chi connectivity index (χ4v) is 3.47. The standard InChI is InChI=1S/C16H23N3OS.ClH/c1-5-18(6-2)10-11-19(13(4)20)16-17-15-12(3)8-7-9-14(15)21-16;/h7-9H,5-6,10-11H2,1-4H3;1H. The molecular formula is C16H24ClN3OS. The number of carbonyl (C=O) groups is 1. The van der Waals surface area contributed by atoms with Crippen LogP contribution in [0.5, 0.6) is 0 Å². The number of para-hydroxylation sites is 1. The van der Waals surface area contributed by atoms with E-state index in [1.54, 1.807) is 23.2 Å². The molecule has 0 fully saturated rings. The number of hydrogen-bond acceptors (Lipinski definition) is 4. The van der Waals surface area contributed by atoms with Gasteiger partial charge in [-0.2, -0.15) is 0 Å². The highest BCUT2D eigenvalue weighted by Crippen LogP contribution is 2.30. The first kappa shape index (κ1) is 18.9. The summed E-state index contributed by atoms with van der Waals surface area (Å²) < 4.78 is 1.14. The van der Waals surface area contributed by atoms with E-state index in [0.29, 0.717) is 6.54 Å². The number of carbonyl (C=O) groups excluding carboxylic acids is 1. The Kier molecular flexibility index (Phi) is 7.26. The van der Waals surface area contributed by atoms with Gasteiger partial charge in [0.1, 0.15) is 0 Å². The third kappa shape index (κ3) is 4.18. The van der Waals surface area contributed by atoms with Crippen molar-refractivity contribution in [3.05, 3.63) is 23.8 Å². The van der Waals surface area contributed by atoms with Crippen molar-refractivity contribution >= 4 is 45.0 Å². The van der Waals surface area contributed by atoms with Crippen LogP contribution >= 0.6 is 23.7 Å². The lowest BCUT2D eigenvalue weighted by Crippen LogP contribution is -2.37. The molecular weight excluding hydrogens is 318 g/mol. The number of anilines is 1. The number of thiazole rings is 1. The minimum absolute atomic E-state index is 0. The largest absolute Gasteiger partial charge is 0.302 e. The molecule has 0 aliphatic carbocycles. The van der Waals surface area contributed by atoms with Crippen LogP contribution in [0.2, 0.25) is 0 Å². The van der Waals surface area contributed by atoms with Gasteiger partial charge in [-0.25, -0.2) is 4.98 Å². The van der Waals surface area contributed by atoms with E-state index in [1.807, 2.05) is 6.07 Å². The average molecular weight is 342 g/mol. The summed E-state index contributed by atoms with van der Waals surface area (Å²) in [5.41, 5.74) is 2.16. The Morgan fingerprint density at radius 1 is 1.23 bits per heavy atom. The third-order valence-corrected chi connectivity index (χ3v) is 4.80. The highest BCUT2D eigenvalue weighted by molar-refractivity contribution is 7.22. The van der Waals surface area contributed by atoms with Gasteiger partial charge in [0.15, 0.2) is 5.13 Å². The molecule has 0 radical (unpaired) electrons. The van der Waals surface area contributed by atoms with E-state index in [0.717, 1.165) is 40.5 Å². The van der Waals surface area contributed by atoms with Crippen molar-refractivity contribution in [1.82, 2.24) is 9.88 Å². The summed E-state index contributed by atoms with van der Waals surface area (Å²) in [6.07, 6.45) is 0. The molecule has 0 atom stereocenters. The normalized spacial score (nSPS) is 10.8. The lowest BCUT2D eigenvalue weighted by molar-refractivity contribution is -0.116. The van der Waals surface area contributed by atoms with Crippen LogP contribution in [-0.4, -0.2) is 42.0 Å². The fraction of sp³-hybridized carbons (Fsp3) is 0.500. The Labute approximate surface area is 142 Å². The lowest BCUT2D eigenvalue weighted by Gasteiger charge is -2.23.